The van der Waals surface area contributed by atoms with Crippen LogP contribution in [0.3, 0.4) is 0 Å². The molecular formula is C25H27ClN4O2S. The topological polar surface area (TPSA) is 96.2 Å². The number of nitrogens with one attached hydrogen (secondary N) is 3. The highest BCUT2D eigenvalue weighted by atomic mass is 35.5. The van der Waals surface area contributed by atoms with E-state index in [0.717, 1.165) is 12.8 Å². The van der Waals surface area contributed by atoms with Crippen LogP contribution in [-0.2, 0) is 10.2 Å². The summed E-state index contributed by atoms with van der Waals surface area (Å²) in [4.78, 5) is 25.7. The molecule has 0 aliphatic heterocycles. The molecule has 1 heterocycles. The summed E-state index contributed by atoms with van der Waals surface area (Å²) in [5.74, 6) is -0.339. The van der Waals surface area contributed by atoms with Crippen LogP contribution in [0.15, 0.2) is 66.7 Å². The molecule has 0 radical (unpaired) electrons. The van der Waals surface area contributed by atoms with E-state index < -0.39 is 12.1 Å². The highest BCUT2D eigenvalue weighted by Crippen LogP contribution is 2.54. The average molecular weight is 483 g/mol. The van der Waals surface area contributed by atoms with Gasteiger partial charge in [-0.25, -0.2) is 4.79 Å². The summed E-state index contributed by atoms with van der Waals surface area (Å²) in [5.41, 5.74) is 8.61. The van der Waals surface area contributed by atoms with Crippen molar-refractivity contribution >= 4 is 45.6 Å². The number of benzene rings is 2. The average Bonchev–Trinajstić information content (AvgIpc) is 3.51. The Balaban J connectivity index is 1.48. The maximum absolute atomic E-state index is 13.2. The third-order valence-electron chi connectivity index (χ3n) is 6.17. The first-order chi connectivity index (χ1) is 15.7. The van der Waals surface area contributed by atoms with Crippen molar-refractivity contribution in [1.82, 2.24) is 5.32 Å². The third-order valence-corrected chi connectivity index (χ3v) is 7.32. The molecule has 1 atom stereocenters. The molecule has 3 aromatic rings. The monoisotopic (exact) mass is 482 g/mol. The van der Waals surface area contributed by atoms with Crippen molar-refractivity contribution < 1.29 is 9.59 Å². The van der Waals surface area contributed by atoms with E-state index in [1.165, 1.54) is 16.9 Å². The molecule has 3 amide bonds. The predicted molar refractivity (Wildman–Crippen MR) is 135 cm³/mol. The van der Waals surface area contributed by atoms with Crippen molar-refractivity contribution in [3.8, 4) is 0 Å². The van der Waals surface area contributed by atoms with Gasteiger partial charge in [-0.15, -0.1) is 11.3 Å². The van der Waals surface area contributed by atoms with Gasteiger partial charge in [-0.2, -0.15) is 0 Å². The SMILES string of the molecule is CC(C)(N)C1(c2ccc(NC(=O)C(NC(=O)Nc3ccc(Cl)s3)c3ccccc3)cc2)CC1. The van der Waals surface area contributed by atoms with Gasteiger partial charge in [0.25, 0.3) is 5.91 Å². The maximum Gasteiger partial charge on any atom is 0.320 e. The van der Waals surface area contributed by atoms with E-state index in [4.69, 9.17) is 17.3 Å². The van der Waals surface area contributed by atoms with Crippen molar-refractivity contribution in [2.24, 2.45) is 5.73 Å². The molecule has 6 nitrogen and oxygen atoms in total. The Morgan fingerprint density at radius 3 is 2.21 bits per heavy atom. The van der Waals surface area contributed by atoms with Gasteiger partial charge in [0.05, 0.1) is 9.34 Å². The summed E-state index contributed by atoms with van der Waals surface area (Å²) >= 11 is 7.17. The minimum Gasteiger partial charge on any atom is -0.325 e. The molecular weight excluding hydrogens is 456 g/mol. The van der Waals surface area contributed by atoms with Crippen molar-refractivity contribution in [3.63, 3.8) is 0 Å². The lowest BCUT2D eigenvalue weighted by molar-refractivity contribution is -0.118. The van der Waals surface area contributed by atoms with E-state index in [2.05, 4.69) is 29.8 Å². The second kappa shape index (κ2) is 9.17. The fourth-order valence-corrected chi connectivity index (χ4v) is 5.06. The fraction of sp³-hybridized carbons (Fsp3) is 0.280. The van der Waals surface area contributed by atoms with Crippen molar-refractivity contribution in [2.75, 3.05) is 10.6 Å². The molecule has 0 bridgehead atoms. The molecule has 0 saturated heterocycles. The van der Waals surface area contributed by atoms with Gasteiger partial charge in [-0.3, -0.25) is 10.1 Å². The molecule has 1 saturated carbocycles. The highest BCUT2D eigenvalue weighted by Gasteiger charge is 2.53. The number of amides is 3. The molecule has 172 valence electrons. The number of anilines is 2. The van der Waals surface area contributed by atoms with Crippen molar-refractivity contribution in [1.29, 1.82) is 0 Å². The van der Waals surface area contributed by atoms with Gasteiger partial charge in [-0.05, 0) is 62.1 Å². The van der Waals surface area contributed by atoms with Gasteiger partial charge in [0, 0.05) is 16.6 Å². The van der Waals surface area contributed by atoms with Crippen LogP contribution < -0.4 is 21.7 Å². The Morgan fingerprint density at radius 2 is 1.67 bits per heavy atom. The van der Waals surface area contributed by atoms with Gasteiger partial charge in [-0.1, -0.05) is 54.1 Å². The van der Waals surface area contributed by atoms with Crippen LogP contribution in [0, 0.1) is 0 Å². The quantitative estimate of drug-likeness (QED) is 0.349. The van der Waals surface area contributed by atoms with Gasteiger partial charge in [0.1, 0.15) is 6.04 Å². The van der Waals surface area contributed by atoms with Crippen molar-refractivity contribution in [2.45, 2.75) is 43.7 Å². The number of nitrogens with two attached hydrogens (primary N) is 1. The lowest BCUT2D eigenvalue weighted by atomic mass is 9.79. The Hall–Kier alpha value is -2.87. The number of rotatable bonds is 7. The number of urea groups is 1. The summed E-state index contributed by atoms with van der Waals surface area (Å²) in [5, 5.41) is 9.00. The first-order valence-electron chi connectivity index (χ1n) is 10.8. The zero-order chi connectivity index (χ0) is 23.6. The maximum atomic E-state index is 13.2. The minimum absolute atomic E-state index is 0.00749. The number of hydrogen-bond acceptors (Lipinski definition) is 4. The molecule has 4 rings (SSSR count). The number of carbonyl (C=O) groups excluding carboxylic acids is 2. The lowest BCUT2D eigenvalue weighted by Crippen LogP contribution is -2.45. The van der Waals surface area contributed by atoms with E-state index in [-0.39, 0.29) is 16.9 Å². The van der Waals surface area contributed by atoms with E-state index in [9.17, 15) is 9.59 Å². The number of thiophene rings is 1. The molecule has 8 heteroatoms. The number of hydrogen-bond donors (Lipinski definition) is 4. The molecule has 1 fully saturated rings. The number of halogens is 1. The van der Waals surface area contributed by atoms with Crippen LogP contribution in [0.2, 0.25) is 4.34 Å². The Labute approximate surface area is 202 Å². The molecule has 1 unspecified atom stereocenters. The predicted octanol–water partition coefficient (Wildman–Crippen LogP) is 5.67. The molecule has 1 aliphatic rings. The Kier molecular flexibility index (Phi) is 6.47. The van der Waals surface area contributed by atoms with Gasteiger partial charge in [0.15, 0.2) is 0 Å². The van der Waals surface area contributed by atoms with E-state index >= 15 is 0 Å². The van der Waals surface area contributed by atoms with E-state index in [1.807, 2.05) is 42.5 Å². The van der Waals surface area contributed by atoms with Crippen LogP contribution >= 0.6 is 22.9 Å². The summed E-state index contributed by atoms with van der Waals surface area (Å²) in [6.45, 7) is 4.11. The zero-order valence-electron chi connectivity index (χ0n) is 18.5. The summed E-state index contributed by atoms with van der Waals surface area (Å²) < 4.78 is 0.567. The Morgan fingerprint density at radius 1 is 1.00 bits per heavy atom. The van der Waals surface area contributed by atoms with E-state index in [0.29, 0.717) is 20.6 Å². The first-order valence-corrected chi connectivity index (χ1v) is 12.0. The van der Waals surface area contributed by atoms with Gasteiger partial charge in [0.2, 0.25) is 0 Å². The molecule has 1 aromatic heterocycles. The van der Waals surface area contributed by atoms with Crippen LogP contribution in [0.4, 0.5) is 15.5 Å². The molecule has 33 heavy (non-hydrogen) atoms. The van der Waals surface area contributed by atoms with Gasteiger partial charge >= 0.3 is 6.03 Å². The summed E-state index contributed by atoms with van der Waals surface area (Å²) in [7, 11) is 0. The molecule has 1 aliphatic carbocycles. The lowest BCUT2D eigenvalue weighted by Gasteiger charge is -2.31. The first kappa shape index (κ1) is 23.3. The fourth-order valence-electron chi connectivity index (χ4n) is 4.12. The van der Waals surface area contributed by atoms with Crippen LogP contribution in [-0.4, -0.2) is 17.5 Å². The Bertz CT molecular complexity index is 1140. The van der Waals surface area contributed by atoms with E-state index in [1.54, 1.807) is 24.3 Å². The molecule has 5 N–H and O–H groups in total. The standard InChI is InChI=1S/C25H27ClN4O2S/c1-24(2,27)25(14-15-25)17-8-10-18(11-9-17)28-22(31)21(16-6-4-3-5-7-16)30-23(32)29-20-13-12-19(26)33-20/h3-13,21H,14-15,27H2,1-2H3,(H,28,31)(H2,29,30,32). The van der Waals surface area contributed by atoms with Crippen molar-refractivity contribution in [3.05, 3.63) is 82.2 Å². The van der Waals surface area contributed by atoms with Gasteiger partial charge < -0.3 is 16.4 Å². The normalized spacial score (nSPS) is 15.4. The highest BCUT2D eigenvalue weighted by molar-refractivity contribution is 7.20. The zero-order valence-corrected chi connectivity index (χ0v) is 20.1. The van der Waals surface area contributed by atoms with Crippen LogP contribution in [0.25, 0.3) is 0 Å². The smallest absolute Gasteiger partial charge is 0.320 e. The number of carbonyl (C=O) groups is 2. The summed E-state index contributed by atoms with van der Waals surface area (Å²) in [6.07, 6.45) is 2.12. The second-order valence-electron chi connectivity index (χ2n) is 8.92. The second-order valence-corrected chi connectivity index (χ2v) is 10.6. The summed E-state index contributed by atoms with van der Waals surface area (Å²) in [6, 6.07) is 19.0. The largest absolute Gasteiger partial charge is 0.325 e. The minimum atomic E-state index is -0.876. The molecule has 0 spiro atoms. The third kappa shape index (κ3) is 5.21. The molecule has 2 aromatic carbocycles. The van der Waals surface area contributed by atoms with Crippen LogP contribution in [0.1, 0.15) is 43.9 Å². The van der Waals surface area contributed by atoms with Crippen LogP contribution in [0.5, 0.6) is 0 Å².